The van der Waals surface area contributed by atoms with E-state index < -0.39 is 0 Å². The molecule has 0 radical (unpaired) electrons. The Balaban J connectivity index is 1.45. The van der Waals surface area contributed by atoms with Gasteiger partial charge in [0.2, 0.25) is 5.91 Å². The molecule has 23 heavy (non-hydrogen) atoms. The Kier molecular flexibility index (Phi) is 5.01. The number of hydrogen-bond donors (Lipinski definition) is 2. The molecule has 0 bridgehead atoms. The van der Waals surface area contributed by atoms with E-state index in [1.165, 1.54) is 0 Å². The van der Waals surface area contributed by atoms with Crippen molar-refractivity contribution in [3.8, 4) is 0 Å². The first-order chi connectivity index (χ1) is 11.2. The van der Waals surface area contributed by atoms with Gasteiger partial charge in [-0.1, -0.05) is 46.3 Å². The Morgan fingerprint density at radius 3 is 2.52 bits per heavy atom. The number of anilines is 1. The second-order valence-corrected chi connectivity index (χ2v) is 6.91. The third-order valence-corrected chi connectivity index (χ3v) is 4.80. The second kappa shape index (κ2) is 7.18. The SMILES string of the molecule is O=C(NCCCNc1ccccc1)C1(c2cccc(Br)c2)CC1. The Hall–Kier alpha value is -1.81. The van der Waals surface area contributed by atoms with E-state index in [-0.39, 0.29) is 11.3 Å². The molecule has 0 saturated heterocycles. The normalized spacial score (nSPS) is 15.0. The molecule has 0 unspecified atom stereocenters. The van der Waals surface area contributed by atoms with E-state index in [0.29, 0.717) is 6.54 Å². The number of para-hydroxylation sites is 1. The fourth-order valence-corrected chi connectivity index (χ4v) is 3.21. The van der Waals surface area contributed by atoms with Gasteiger partial charge < -0.3 is 10.6 Å². The van der Waals surface area contributed by atoms with E-state index >= 15 is 0 Å². The highest BCUT2D eigenvalue weighted by atomic mass is 79.9. The van der Waals surface area contributed by atoms with Gasteiger partial charge in [-0.15, -0.1) is 0 Å². The summed E-state index contributed by atoms with van der Waals surface area (Å²) >= 11 is 3.49. The van der Waals surface area contributed by atoms with Crippen LogP contribution in [0.25, 0.3) is 0 Å². The van der Waals surface area contributed by atoms with Gasteiger partial charge in [-0.3, -0.25) is 4.79 Å². The molecule has 0 atom stereocenters. The van der Waals surface area contributed by atoms with Gasteiger partial charge in [-0.05, 0) is 49.1 Å². The van der Waals surface area contributed by atoms with Crippen LogP contribution in [0.15, 0.2) is 59.1 Å². The molecule has 0 spiro atoms. The van der Waals surface area contributed by atoms with Crippen LogP contribution in [0.4, 0.5) is 5.69 Å². The molecule has 1 saturated carbocycles. The minimum Gasteiger partial charge on any atom is -0.385 e. The zero-order valence-electron chi connectivity index (χ0n) is 13.0. The van der Waals surface area contributed by atoms with Crippen molar-refractivity contribution in [1.29, 1.82) is 0 Å². The molecule has 0 aliphatic heterocycles. The number of amides is 1. The summed E-state index contributed by atoms with van der Waals surface area (Å²) in [4.78, 5) is 12.5. The number of carbonyl (C=O) groups excluding carboxylic acids is 1. The molecule has 4 heteroatoms. The summed E-state index contributed by atoms with van der Waals surface area (Å²) in [5.74, 6) is 0.162. The quantitative estimate of drug-likeness (QED) is 0.718. The van der Waals surface area contributed by atoms with Crippen LogP contribution in [0.3, 0.4) is 0 Å². The highest BCUT2D eigenvalue weighted by Crippen LogP contribution is 2.48. The van der Waals surface area contributed by atoms with E-state index in [4.69, 9.17) is 0 Å². The fourth-order valence-electron chi connectivity index (χ4n) is 2.81. The first-order valence-corrected chi connectivity index (χ1v) is 8.83. The van der Waals surface area contributed by atoms with Gasteiger partial charge in [0.05, 0.1) is 5.41 Å². The van der Waals surface area contributed by atoms with Gasteiger partial charge in [0.1, 0.15) is 0 Å². The van der Waals surface area contributed by atoms with Crippen molar-refractivity contribution in [2.45, 2.75) is 24.7 Å². The molecule has 1 amide bonds. The van der Waals surface area contributed by atoms with E-state index in [1.54, 1.807) is 0 Å². The molecule has 3 nitrogen and oxygen atoms in total. The summed E-state index contributed by atoms with van der Waals surface area (Å²) in [5, 5.41) is 6.45. The molecule has 0 aromatic heterocycles. The largest absolute Gasteiger partial charge is 0.385 e. The Labute approximate surface area is 145 Å². The first kappa shape index (κ1) is 16.1. The Morgan fingerprint density at radius 2 is 1.83 bits per heavy atom. The first-order valence-electron chi connectivity index (χ1n) is 8.04. The number of nitrogens with one attached hydrogen (secondary N) is 2. The number of hydrogen-bond acceptors (Lipinski definition) is 2. The van der Waals surface area contributed by atoms with Crippen LogP contribution < -0.4 is 10.6 Å². The Bertz CT molecular complexity index is 668. The van der Waals surface area contributed by atoms with Gasteiger partial charge in [-0.2, -0.15) is 0 Å². The molecule has 2 aromatic rings. The van der Waals surface area contributed by atoms with E-state index in [1.807, 2.05) is 48.5 Å². The lowest BCUT2D eigenvalue weighted by atomic mass is 9.95. The lowest BCUT2D eigenvalue weighted by molar-refractivity contribution is -0.123. The molecule has 1 fully saturated rings. The summed E-state index contributed by atoms with van der Waals surface area (Å²) in [6, 6.07) is 18.2. The minimum atomic E-state index is -0.295. The van der Waals surface area contributed by atoms with Gasteiger partial charge in [0.25, 0.3) is 0 Å². The Morgan fingerprint density at radius 1 is 1.04 bits per heavy atom. The van der Waals surface area contributed by atoms with E-state index in [2.05, 4.69) is 32.6 Å². The maximum Gasteiger partial charge on any atom is 0.230 e. The summed E-state index contributed by atoms with van der Waals surface area (Å²) < 4.78 is 1.03. The van der Waals surface area contributed by atoms with Crippen LogP contribution in [-0.4, -0.2) is 19.0 Å². The molecular formula is C19H21BrN2O. The topological polar surface area (TPSA) is 41.1 Å². The average Bonchev–Trinajstić information content (AvgIpc) is 3.37. The van der Waals surface area contributed by atoms with Crippen LogP contribution in [-0.2, 0) is 10.2 Å². The molecule has 2 aromatic carbocycles. The molecular weight excluding hydrogens is 352 g/mol. The molecule has 0 heterocycles. The third-order valence-electron chi connectivity index (χ3n) is 4.30. The van der Waals surface area contributed by atoms with Crippen molar-refractivity contribution in [3.05, 3.63) is 64.6 Å². The molecule has 120 valence electrons. The lowest BCUT2D eigenvalue weighted by Crippen LogP contribution is -2.35. The predicted octanol–water partition coefficient (Wildman–Crippen LogP) is 4.10. The summed E-state index contributed by atoms with van der Waals surface area (Å²) in [6.07, 6.45) is 2.80. The summed E-state index contributed by atoms with van der Waals surface area (Å²) in [5.41, 5.74) is 1.94. The van der Waals surface area contributed by atoms with Crippen LogP contribution in [0, 0.1) is 0 Å². The monoisotopic (exact) mass is 372 g/mol. The smallest absolute Gasteiger partial charge is 0.230 e. The van der Waals surface area contributed by atoms with E-state index in [9.17, 15) is 4.79 Å². The zero-order chi connectivity index (χ0) is 16.1. The minimum absolute atomic E-state index is 0.162. The lowest BCUT2D eigenvalue weighted by Gasteiger charge is -2.16. The molecule has 3 rings (SSSR count). The summed E-state index contributed by atoms with van der Waals surface area (Å²) in [7, 11) is 0. The number of rotatable bonds is 7. The number of benzene rings is 2. The van der Waals surface area contributed by atoms with Crippen molar-refractivity contribution in [1.82, 2.24) is 5.32 Å². The second-order valence-electron chi connectivity index (χ2n) is 5.99. The zero-order valence-corrected chi connectivity index (χ0v) is 14.6. The molecule has 1 aliphatic rings. The molecule has 2 N–H and O–H groups in total. The van der Waals surface area contributed by atoms with Crippen LogP contribution in [0.1, 0.15) is 24.8 Å². The van der Waals surface area contributed by atoms with Crippen molar-refractivity contribution in [2.75, 3.05) is 18.4 Å². The maximum atomic E-state index is 12.5. The molecule has 1 aliphatic carbocycles. The highest BCUT2D eigenvalue weighted by molar-refractivity contribution is 9.10. The van der Waals surface area contributed by atoms with Crippen molar-refractivity contribution in [3.63, 3.8) is 0 Å². The summed E-state index contributed by atoms with van der Waals surface area (Å²) in [6.45, 7) is 1.56. The van der Waals surface area contributed by atoms with Crippen molar-refractivity contribution in [2.24, 2.45) is 0 Å². The predicted molar refractivity (Wildman–Crippen MR) is 97.6 cm³/mol. The van der Waals surface area contributed by atoms with Crippen LogP contribution in [0.5, 0.6) is 0 Å². The highest BCUT2D eigenvalue weighted by Gasteiger charge is 2.51. The van der Waals surface area contributed by atoms with E-state index in [0.717, 1.165) is 41.5 Å². The van der Waals surface area contributed by atoms with Crippen LogP contribution >= 0.6 is 15.9 Å². The van der Waals surface area contributed by atoms with Gasteiger partial charge in [0, 0.05) is 23.2 Å². The van der Waals surface area contributed by atoms with Gasteiger partial charge in [0.15, 0.2) is 0 Å². The van der Waals surface area contributed by atoms with Gasteiger partial charge in [-0.25, -0.2) is 0 Å². The standard InChI is InChI=1S/C19H21BrN2O/c20-16-7-4-6-15(14-16)19(10-11-19)18(23)22-13-5-12-21-17-8-2-1-3-9-17/h1-4,6-9,14,21H,5,10-13H2,(H,22,23). The van der Waals surface area contributed by atoms with Gasteiger partial charge >= 0.3 is 0 Å². The van der Waals surface area contributed by atoms with Crippen molar-refractivity contribution >= 4 is 27.5 Å². The third kappa shape index (κ3) is 3.94. The van der Waals surface area contributed by atoms with Crippen LogP contribution in [0.2, 0.25) is 0 Å². The maximum absolute atomic E-state index is 12.5. The number of halogens is 1. The average molecular weight is 373 g/mol. The number of carbonyl (C=O) groups is 1. The fraction of sp³-hybridized carbons (Fsp3) is 0.316. The van der Waals surface area contributed by atoms with Crippen molar-refractivity contribution < 1.29 is 4.79 Å².